The molecule has 0 bridgehead atoms. The number of ether oxygens (including phenoxy) is 1. The number of cyclic esters (lactones) is 1. The average molecular weight is 351 g/mol. The van der Waals surface area contributed by atoms with Gasteiger partial charge in [0.2, 0.25) is 0 Å². The van der Waals surface area contributed by atoms with E-state index in [-0.39, 0.29) is 6.09 Å². The Bertz CT molecular complexity index is 900. The summed E-state index contributed by atoms with van der Waals surface area (Å²) in [5.41, 5.74) is 2.92. The fraction of sp³-hybridized carbons (Fsp3) is 0.316. The number of nitrogens with zero attached hydrogens (tertiary/aromatic N) is 5. The largest absolute Gasteiger partial charge is 0.448 e. The van der Waals surface area contributed by atoms with E-state index in [1.54, 1.807) is 4.90 Å². The minimum atomic E-state index is -0.245. The van der Waals surface area contributed by atoms with Gasteiger partial charge in [-0.15, -0.1) is 0 Å². The van der Waals surface area contributed by atoms with E-state index in [1.165, 1.54) is 0 Å². The standard InChI is InChI=1S/C19H21N5O2/c1-2-22-9-8-20-18(22)17-16(15-6-4-3-5-7-15)21-14-24(17)11-10-23-12-13-26-19(23)25/h3-9,14H,2,10-13H2,1H3. The number of hydrogen-bond acceptors (Lipinski definition) is 4. The van der Waals surface area contributed by atoms with Gasteiger partial charge in [0.1, 0.15) is 12.3 Å². The fourth-order valence-electron chi connectivity index (χ4n) is 3.23. The summed E-state index contributed by atoms with van der Waals surface area (Å²) in [5.74, 6) is 0.882. The summed E-state index contributed by atoms with van der Waals surface area (Å²) in [4.78, 5) is 22.6. The van der Waals surface area contributed by atoms with Gasteiger partial charge in [-0.25, -0.2) is 14.8 Å². The van der Waals surface area contributed by atoms with Gasteiger partial charge in [0.25, 0.3) is 0 Å². The number of amides is 1. The first-order valence-electron chi connectivity index (χ1n) is 8.81. The van der Waals surface area contributed by atoms with Crippen molar-refractivity contribution >= 4 is 6.09 Å². The van der Waals surface area contributed by atoms with Gasteiger partial charge in [-0.3, -0.25) is 0 Å². The molecule has 1 aromatic carbocycles. The highest BCUT2D eigenvalue weighted by Gasteiger charge is 2.23. The summed E-state index contributed by atoms with van der Waals surface area (Å²) in [7, 11) is 0. The van der Waals surface area contributed by atoms with Crippen LogP contribution in [0, 0.1) is 0 Å². The van der Waals surface area contributed by atoms with E-state index >= 15 is 0 Å². The molecule has 3 heterocycles. The molecule has 26 heavy (non-hydrogen) atoms. The molecule has 0 aliphatic carbocycles. The molecule has 0 spiro atoms. The SMILES string of the molecule is CCn1ccnc1-c1c(-c2ccccc2)ncn1CCN1CCOC1=O. The second-order valence-corrected chi connectivity index (χ2v) is 6.14. The van der Waals surface area contributed by atoms with Gasteiger partial charge in [-0.2, -0.15) is 0 Å². The van der Waals surface area contributed by atoms with Gasteiger partial charge in [-0.05, 0) is 6.92 Å². The third-order valence-corrected chi connectivity index (χ3v) is 4.61. The lowest BCUT2D eigenvalue weighted by Crippen LogP contribution is -2.28. The summed E-state index contributed by atoms with van der Waals surface area (Å²) < 4.78 is 9.19. The van der Waals surface area contributed by atoms with Gasteiger partial charge < -0.3 is 18.8 Å². The maximum absolute atomic E-state index is 11.7. The number of aromatic nitrogens is 4. The highest BCUT2D eigenvalue weighted by Crippen LogP contribution is 2.30. The normalized spacial score (nSPS) is 14.0. The maximum atomic E-state index is 11.7. The molecule has 0 unspecified atom stereocenters. The first kappa shape index (κ1) is 16.4. The van der Waals surface area contributed by atoms with Crippen LogP contribution in [-0.4, -0.2) is 49.8 Å². The molecule has 4 rings (SSSR count). The van der Waals surface area contributed by atoms with Crippen LogP contribution >= 0.6 is 0 Å². The van der Waals surface area contributed by atoms with Crippen molar-refractivity contribution in [2.45, 2.75) is 20.0 Å². The summed E-state index contributed by atoms with van der Waals surface area (Å²) >= 11 is 0. The Morgan fingerprint density at radius 1 is 1.12 bits per heavy atom. The van der Waals surface area contributed by atoms with E-state index < -0.39 is 0 Å². The van der Waals surface area contributed by atoms with Gasteiger partial charge in [-0.1, -0.05) is 30.3 Å². The molecule has 1 saturated heterocycles. The smallest absolute Gasteiger partial charge is 0.410 e. The summed E-state index contributed by atoms with van der Waals surface area (Å²) in [6.07, 6.45) is 5.36. The van der Waals surface area contributed by atoms with E-state index in [0.29, 0.717) is 26.2 Å². The van der Waals surface area contributed by atoms with E-state index in [4.69, 9.17) is 4.74 Å². The zero-order chi connectivity index (χ0) is 17.9. The lowest BCUT2D eigenvalue weighted by atomic mass is 10.1. The first-order valence-corrected chi connectivity index (χ1v) is 8.81. The Balaban J connectivity index is 1.72. The van der Waals surface area contributed by atoms with Crippen molar-refractivity contribution in [1.29, 1.82) is 0 Å². The van der Waals surface area contributed by atoms with Crippen LogP contribution in [0.5, 0.6) is 0 Å². The molecule has 0 saturated carbocycles. The Kier molecular flexibility index (Phi) is 4.43. The summed E-state index contributed by atoms with van der Waals surface area (Å²) in [6.45, 7) is 5.24. The van der Waals surface area contributed by atoms with Crippen molar-refractivity contribution in [2.75, 3.05) is 19.7 Å². The van der Waals surface area contributed by atoms with E-state index in [0.717, 1.165) is 29.3 Å². The van der Waals surface area contributed by atoms with Crippen molar-refractivity contribution in [1.82, 2.24) is 24.0 Å². The predicted molar refractivity (Wildman–Crippen MR) is 97.5 cm³/mol. The van der Waals surface area contributed by atoms with Gasteiger partial charge in [0.05, 0.1) is 18.6 Å². The molecule has 1 aliphatic rings. The molecule has 3 aromatic rings. The van der Waals surface area contributed by atoms with E-state index in [9.17, 15) is 4.79 Å². The maximum Gasteiger partial charge on any atom is 0.410 e. The van der Waals surface area contributed by atoms with Gasteiger partial charge >= 0.3 is 6.09 Å². The molecule has 0 radical (unpaired) electrons. The second kappa shape index (κ2) is 7.03. The van der Waals surface area contributed by atoms with Crippen molar-refractivity contribution in [3.63, 3.8) is 0 Å². The summed E-state index contributed by atoms with van der Waals surface area (Å²) in [6, 6.07) is 10.1. The van der Waals surface area contributed by atoms with Gasteiger partial charge in [0.15, 0.2) is 5.82 Å². The third-order valence-electron chi connectivity index (χ3n) is 4.61. The average Bonchev–Trinajstić information content (AvgIpc) is 3.39. The predicted octanol–water partition coefficient (Wildman–Crippen LogP) is 2.89. The Morgan fingerprint density at radius 2 is 1.96 bits per heavy atom. The van der Waals surface area contributed by atoms with Crippen LogP contribution in [0.15, 0.2) is 49.1 Å². The topological polar surface area (TPSA) is 65.2 Å². The number of benzene rings is 1. The van der Waals surface area contributed by atoms with Gasteiger partial charge in [0, 0.05) is 37.6 Å². The zero-order valence-corrected chi connectivity index (χ0v) is 14.7. The van der Waals surface area contributed by atoms with E-state index in [1.807, 2.05) is 49.1 Å². The van der Waals surface area contributed by atoms with Crippen molar-refractivity contribution in [3.05, 3.63) is 49.1 Å². The van der Waals surface area contributed by atoms with E-state index in [2.05, 4.69) is 26.0 Å². The molecule has 1 amide bonds. The molecular formula is C19H21N5O2. The van der Waals surface area contributed by atoms with Crippen molar-refractivity contribution < 1.29 is 9.53 Å². The quantitative estimate of drug-likeness (QED) is 0.685. The second-order valence-electron chi connectivity index (χ2n) is 6.14. The lowest BCUT2D eigenvalue weighted by Gasteiger charge is -2.15. The monoisotopic (exact) mass is 351 g/mol. The molecule has 7 heteroatoms. The van der Waals surface area contributed by atoms with Crippen LogP contribution in [0.2, 0.25) is 0 Å². The van der Waals surface area contributed by atoms with Crippen LogP contribution in [0.1, 0.15) is 6.92 Å². The van der Waals surface area contributed by atoms with Crippen LogP contribution < -0.4 is 0 Å². The van der Waals surface area contributed by atoms with Crippen LogP contribution in [-0.2, 0) is 17.8 Å². The number of hydrogen-bond donors (Lipinski definition) is 0. The molecular weight excluding hydrogens is 330 g/mol. The van der Waals surface area contributed by atoms with Crippen molar-refractivity contribution in [3.8, 4) is 22.8 Å². The van der Waals surface area contributed by atoms with Crippen LogP contribution in [0.4, 0.5) is 4.79 Å². The van der Waals surface area contributed by atoms with Crippen molar-refractivity contribution in [2.24, 2.45) is 0 Å². The number of carbonyl (C=O) groups is 1. The van der Waals surface area contributed by atoms with Crippen LogP contribution in [0.25, 0.3) is 22.8 Å². The zero-order valence-electron chi connectivity index (χ0n) is 14.7. The molecule has 0 atom stereocenters. The number of aryl methyl sites for hydroxylation is 1. The highest BCUT2D eigenvalue weighted by molar-refractivity contribution is 5.75. The highest BCUT2D eigenvalue weighted by atomic mass is 16.6. The first-order chi connectivity index (χ1) is 12.8. The summed E-state index contributed by atoms with van der Waals surface area (Å²) in [5, 5.41) is 0. The fourth-order valence-corrected chi connectivity index (χ4v) is 3.23. The molecule has 0 N–H and O–H groups in total. The number of rotatable bonds is 6. The minimum absolute atomic E-state index is 0.245. The minimum Gasteiger partial charge on any atom is -0.448 e. The third kappa shape index (κ3) is 2.96. The Morgan fingerprint density at radius 3 is 2.69 bits per heavy atom. The lowest BCUT2D eigenvalue weighted by molar-refractivity contribution is 0.157. The Labute approximate surface area is 151 Å². The van der Waals surface area contributed by atoms with Crippen LogP contribution in [0.3, 0.4) is 0 Å². The molecule has 134 valence electrons. The number of imidazole rings is 2. The molecule has 1 aliphatic heterocycles. The molecule has 2 aromatic heterocycles. The molecule has 7 nitrogen and oxygen atoms in total. The Hall–Kier alpha value is -3.09. The molecule has 1 fully saturated rings. The number of carbonyl (C=O) groups excluding carboxylic acids is 1.